The third-order valence-electron chi connectivity index (χ3n) is 5.18. The topological polar surface area (TPSA) is 68.5 Å². The van der Waals surface area contributed by atoms with E-state index < -0.39 is 0 Å². The summed E-state index contributed by atoms with van der Waals surface area (Å²) in [5.74, 6) is 0.564. The molecule has 1 aliphatic rings. The molecule has 27 heavy (non-hydrogen) atoms. The van der Waals surface area contributed by atoms with Crippen molar-refractivity contribution in [1.29, 1.82) is 0 Å². The minimum atomic E-state index is 0.0628. The normalized spacial score (nSPS) is 17.2. The Morgan fingerprint density at radius 3 is 2.85 bits per heavy atom. The number of amides is 1. The summed E-state index contributed by atoms with van der Waals surface area (Å²) in [4.78, 5) is 19.0. The second-order valence-electron chi connectivity index (χ2n) is 7.00. The number of rotatable bonds is 3. The van der Waals surface area contributed by atoms with Crippen LogP contribution < -0.4 is 5.73 Å². The molecule has 0 saturated carbocycles. The number of nitrogen functional groups attached to an aromatic ring is 1. The predicted octanol–water partition coefficient (Wildman–Crippen LogP) is 3.74. The standard InChI is InChI=1S/C22H23N3O2/c1-27-20-6-3-9-25(14-20)22(26)17-5-2-4-15(10-17)16-7-8-18-13-24-21(23)12-19(18)11-16/h2,4-5,7-8,10-13,20H,3,6,9,14H2,1H3,(H2,23,24)/t20-/m1/s1. The van der Waals surface area contributed by atoms with Crippen LogP contribution in [0, 0.1) is 0 Å². The summed E-state index contributed by atoms with van der Waals surface area (Å²) >= 11 is 0. The molecule has 0 spiro atoms. The van der Waals surface area contributed by atoms with Gasteiger partial charge < -0.3 is 15.4 Å². The maximum absolute atomic E-state index is 12.9. The van der Waals surface area contributed by atoms with E-state index in [1.54, 1.807) is 13.3 Å². The molecule has 3 aromatic rings. The molecular weight excluding hydrogens is 338 g/mol. The third kappa shape index (κ3) is 3.64. The highest BCUT2D eigenvalue weighted by Gasteiger charge is 2.24. The number of carbonyl (C=O) groups is 1. The van der Waals surface area contributed by atoms with Gasteiger partial charge in [-0.3, -0.25) is 4.79 Å². The number of fused-ring (bicyclic) bond motifs is 1. The average molecular weight is 361 g/mol. The molecule has 0 radical (unpaired) electrons. The Balaban J connectivity index is 1.63. The maximum Gasteiger partial charge on any atom is 0.253 e. The Hall–Kier alpha value is -2.92. The van der Waals surface area contributed by atoms with Crippen molar-refractivity contribution in [3.8, 4) is 11.1 Å². The van der Waals surface area contributed by atoms with E-state index in [4.69, 9.17) is 10.5 Å². The van der Waals surface area contributed by atoms with Crippen molar-refractivity contribution >= 4 is 22.5 Å². The van der Waals surface area contributed by atoms with Crippen molar-refractivity contribution in [2.24, 2.45) is 0 Å². The fourth-order valence-electron chi connectivity index (χ4n) is 3.67. The summed E-state index contributed by atoms with van der Waals surface area (Å²) in [7, 11) is 1.71. The number of anilines is 1. The van der Waals surface area contributed by atoms with E-state index in [-0.39, 0.29) is 12.0 Å². The molecule has 5 heteroatoms. The number of nitrogens with two attached hydrogens (primary N) is 1. The van der Waals surface area contributed by atoms with Crippen molar-refractivity contribution < 1.29 is 9.53 Å². The van der Waals surface area contributed by atoms with Gasteiger partial charge in [0.2, 0.25) is 0 Å². The molecule has 1 aliphatic heterocycles. The molecule has 1 atom stereocenters. The van der Waals surface area contributed by atoms with Gasteiger partial charge in [0.1, 0.15) is 5.82 Å². The van der Waals surface area contributed by atoms with Gasteiger partial charge in [0.05, 0.1) is 6.10 Å². The number of methoxy groups -OCH3 is 1. The van der Waals surface area contributed by atoms with Crippen molar-refractivity contribution in [2.45, 2.75) is 18.9 Å². The summed E-state index contributed by atoms with van der Waals surface area (Å²) in [6.07, 6.45) is 3.89. The van der Waals surface area contributed by atoms with Crippen molar-refractivity contribution in [1.82, 2.24) is 9.88 Å². The van der Waals surface area contributed by atoms with Crippen molar-refractivity contribution in [3.63, 3.8) is 0 Å². The fourth-order valence-corrected chi connectivity index (χ4v) is 3.67. The van der Waals surface area contributed by atoms with Crippen LogP contribution in [0.4, 0.5) is 5.82 Å². The summed E-state index contributed by atoms with van der Waals surface area (Å²) < 4.78 is 5.44. The lowest BCUT2D eigenvalue weighted by Gasteiger charge is -2.32. The van der Waals surface area contributed by atoms with Crippen LogP contribution >= 0.6 is 0 Å². The molecule has 1 saturated heterocycles. The number of aromatic nitrogens is 1. The number of hydrogen-bond acceptors (Lipinski definition) is 4. The molecule has 1 aromatic heterocycles. The fraction of sp³-hybridized carbons (Fsp3) is 0.273. The Kier molecular flexibility index (Phi) is 4.77. The molecule has 1 fully saturated rings. The summed E-state index contributed by atoms with van der Waals surface area (Å²) in [5.41, 5.74) is 8.58. The lowest BCUT2D eigenvalue weighted by Crippen LogP contribution is -2.42. The Morgan fingerprint density at radius 2 is 2.00 bits per heavy atom. The summed E-state index contributed by atoms with van der Waals surface area (Å²) in [6.45, 7) is 1.44. The zero-order valence-electron chi connectivity index (χ0n) is 15.4. The minimum Gasteiger partial charge on any atom is -0.384 e. The number of pyridine rings is 1. The Labute approximate surface area is 158 Å². The largest absolute Gasteiger partial charge is 0.384 e. The van der Waals surface area contributed by atoms with Gasteiger partial charge in [-0.25, -0.2) is 4.98 Å². The molecule has 0 unspecified atom stereocenters. The quantitative estimate of drug-likeness (QED) is 0.772. The first-order chi connectivity index (χ1) is 13.1. The number of piperidine rings is 1. The highest BCUT2D eigenvalue weighted by Crippen LogP contribution is 2.26. The molecule has 0 bridgehead atoms. The smallest absolute Gasteiger partial charge is 0.253 e. The molecule has 4 rings (SSSR count). The molecule has 2 heterocycles. The maximum atomic E-state index is 12.9. The Bertz CT molecular complexity index is 986. The van der Waals surface area contributed by atoms with E-state index in [2.05, 4.69) is 11.1 Å². The van der Waals surface area contributed by atoms with E-state index in [0.29, 0.717) is 17.9 Å². The van der Waals surface area contributed by atoms with Crippen LogP contribution in [0.25, 0.3) is 21.9 Å². The lowest BCUT2D eigenvalue weighted by molar-refractivity contribution is 0.0269. The molecule has 1 amide bonds. The first kappa shape index (κ1) is 17.5. The zero-order valence-corrected chi connectivity index (χ0v) is 15.4. The molecule has 2 aromatic carbocycles. The van der Waals surface area contributed by atoms with Gasteiger partial charge in [-0.05, 0) is 53.6 Å². The average Bonchev–Trinajstić information content (AvgIpc) is 2.72. The number of carbonyl (C=O) groups excluding carboxylic acids is 1. The molecule has 0 aliphatic carbocycles. The first-order valence-electron chi connectivity index (χ1n) is 9.22. The van der Waals surface area contributed by atoms with Gasteiger partial charge in [-0.15, -0.1) is 0 Å². The van der Waals surface area contributed by atoms with Crippen LogP contribution in [-0.2, 0) is 4.74 Å². The number of benzene rings is 2. The number of nitrogens with zero attached hydrogens (tertiary/aromatic N) is 2. The Morgan fingerprint density at radius 1 is 1.15 bits per heavy atom. The summed E-state index contributed by atoms with van der Waals surface area (Å²) in [5, 5.41) is 2.08. The highest BCUT2D eigenvalue weighted by molar-refractivity contribution is 5.96. The van der Waals surface area contributed by atoms with Gasteiger partial charge in [-0.2, -0.15) is 0 Å². The lowest BCUT2D eigenvalue weighted by atomic mass is 9.99. The van der Waals surface area contributed by atoms with Crippen LogP contribution in [0.5, 0.6) is 0 Å². The molecule has 5 nitrogen and oxygen atoms in total. The van der Waals surface area contributed by atoms with Gasteiger partial charge in [0.25, 0.3) is 5.91 Å². The van der Waals surface area contributed by atoms with Gasteiger partial charge in [0, 0.05) is 37.3 Å². The van der Waals surface area contributed by atoms with Crippen LogP contribution in [0.1, 0.15) is 23.2 Å². The van der Waals surface area contributed by atoms with Crippen LogP contribution in [-0.4, -0.2) is 42.1 Å². The third-order valence-corrected chi connectivity index (χ3v) is 5.18. The number of ether oxygens (including phenoxy) is 1. The van der Waals surface area contributed by atoms with Crippen LogP contribution in [0.3, 0.4) is 0 Å². The molecular formula is C22H23N3O2. The first-order valence-corrected chi connectivity index (χ1v) is 9.22. The van der Waals surface area contributed by atoms with Crippen LogP contribution in [0.15, 0.2) is 54.7 Å². The molecule has 2 N–H and O–H groups in total. The monoisotopic (exact) mass is 361 g/mol. The van der Waals surface area contributed by atoms with E-state index >= 15 is 0 Å². The minimum absolute atomic E-state index is 0.0628. The van der Waals surface area contributed by atoms with Gasteiger partial charge in [-0.1, -0.05) is 24.3 Å². The van der Waals surface area contributed by atoms with Crippen LogP contribution in [0.2, 0.25) is 0 Å². The second-order valence-corrected chi connectivity index (χ2v) is 7.00. The second kappa shape index (κ2) is 7.37. The number of hydrogen-bond donors (Lipinski definition) is 1. The van der Waals surface area contributed by atoms with E-state index in [0.717, 1.165) is 41.3 Å². The number of likely N-dealkylation sites (tertiary alicyclic amines) is 1. The SMILES string of the molecule is CO[C@@H]1CCCN(C(=O)c2cccc(-c3ccc4cnc(N)cc4c3)c2)C1. The highest BCUT2D eigenvalue weighted by atomic mass is 16.5. The van der Waals surface area contributed by atoms with E-state index in [9.17, 15) is 4.79 Å². The van der Waals surface area contributed by atoms with E-state index in [1.165, 1.54) is 0 Å². The van der Waals surface area contributed by atoms with Crippen molar-refractivity contribution in [2.75, 3.05) is 25.9 Å². The van der Waals surface area contributed by atoms with Crippen molar-refractivity contribution in [3.05, 3.63) is 60.3 Å². The predicted molar refractivity (Wildman–Crippen MR) is 108 cm³/mol. The zero-order chi connectivity index (χ0) is 18.8. The van der Waals surface area contributed by atoms with Gasteiger partial charge >= 0.3 is 0 Å². The summed E-state index contributed by atoms with van der Waals surface area (Å²) in [6, 6.07) is 15.8. The van der Waals surface area contributed by atoms with Gasteiger partial charge in [0.15, 0.2) is 0 Å². The van der Waals surface area contributed by atoms with E-state index in [1.807, 2.05) is 47.4 Å². The molecule has 138 valence electrons.